The van der Waals surface area contributed by atoms with Crippen molar-refractivity contribution in [1.82, 2.24) is 15.0 Å². The molecule has 0 amide bonds. The molecule has 4 N–H and O–H groups in total. The van der Waals surface area contributed by atoms with Crippen LogP contribution in [0.25, 0.3) is 22.8 Å². The van der Waals surface area contributed by atoms with Gasteiger partial charge in [-0.05, 0) is 6.92 Å². The summed E-state index contributed by atoms with van der Waals surface area (Å²) in [7, 11) is -7.98. The summed E-state index contributed by atoms with van der Waals surface area (Å²) in [6.07, 6.45) is 7.70. The molecule has 3 aromatic heterocycles. The van der Waals surface area contributed by atoms with E-state index in [-0.39, 0.29) is 12.3 Å². The number of hydrogen-bond donors (Lipinski definition) is 4. The molecular formula is C20H27N5O6P2+2. The Kier molecular flexibility index (Phi) is 8.18. The summed E-state index contributed by atoms with van der Waals surface area (Å²) >= 11 is 0. The molecule has 0 atom stereocenters. The van der Waals surface area contributed by atoms with E-state index < -0.39 is 15.2 Å². The van der Waals surface area contributed by atoms with Crippen LogP contribution in [-0.4, -0.2) is 46.8 Å². The van der Waals surface area contributed by atoms with E-state index in [1.54, 1.807) is 6.92 Å². The zero-order valence-electron chi connectivity index (χ0n) is 18.1. The highest BCUT2D eigenvalue weighted by Gasteiger charge is 2.16. The summed E-state index contributed by atoms with van der Waals surface area (Å²) < 4.78 is 25.6. The minimum Gasteiger partial charge on any atom is -0.324 e. The van der Waals surface area contributed by atoms with Crippen LogP contribution in [0, 0.1) is 6.92 Å². The van der Waals surface area contributed by atoms with E-state index in [2.05, 4.69) is 15.0 Å². The summed E-state index contributed by atoms with van der Waals surface area (Å²) in [4.78, 5) is 49.3. The molecule has 0 unspecified atom stereocenters. The van der Waals surface area contributed by atoms with E-state index in [9.17, 15) is 9.13 Å². The third kappa shape index (κ3) is 8.47. The maximum Gasteiger partial charge on any atom is 0.325 e. The van der Waals surface area contributed by atoms with Gasteiger partial charge in [-0.25, -0.2) is 24.1 Å². The van der Waals surface area contributed by atoms with Crippen molar-refractivity contribution in [3.8, 4) is 22.8 Å². The summed E-state index contributed by atoms with van der Waals surface area (Å²) in [5.74, 6) is 1.59. The molecule has 3 aromatic rings. The van der Waals surface area contributed by atoms with Crippen LogP contribution in [0.1, 0.15) is 18.7 Å². The molecule has 0 saturated heterocycles. The van der Waals surface area contributed by atoms with E-state index >= 15 is 0 Å². The third-order valence-corrected chi connectivity index (χ3v) is 6.57. The Bertz CT molecular complexity index is 1090. The second kappa shape index (κ2) is 10.7. The van der Waals surface area contributed by atoms with Crippen LogP contribution in [0.4, 0.5) is 0 Å². The Morgan fingerprint density at radius 2 is 1.06 bits per heavy atom. The maximum absolute atomic E-state index is 11.0. The molecule has 0 aliphatic rings. The van der Waals surface area contributed by atoms with Gasteiger partial charge in [0.15, 0.2) is 36.4 Å². The molecule has 0 bridgehead atoms. The van der Waals surface area contributed by atoms with Crippen LogP contribution in [0.3, 0.4) is 0 Å². The summed E-state index contributed by atoms with van der Waals surface area (Å²) in [6, 6.07) is 7.37. The van der Waals surface area contributed by atoms with E-state index in [0.29, 0.717) is 43.4 Å². The predicted octanol–water partition coefficient (Wildman–Crippen LogP) is 1.22. The fourth-order valence-electron chi connectivity index (χ4n) is 3.17. The highest BCUT2D eigenvalue weighted by atomic mass is 31.2. The molecule has 0 spiro atoms. The molecule has 0 aliphatic carbocycles. The number of aryl methyl sites for hydroxylation is 3. The van der Waals surface area contributed by atoms with E-state index in [4.69, 9.17) is 19.6 Å². The van der Waals surface area contributed by atoms with Gasteiger partial charge in [0.2, 0.25) is 0 Å². The Hall–Kier alpha value is -2.39. The number of pyridine rings is 2. The third-order valence-electron chi connectivity index (χ3n) is 4.78. The molecule has 3 heterocycles. The van der Waals surface area contributed by atoms with E-state index in [0.717, 1.165) is 11.1 Å². The van der Waals surface area contributed by atoms with Crippen LogP contribution >= 0.6 is 15.2 Å². The van der Waals surface area contributed by atoms with E-state index in [1.807, 2.05) is 58.2 Å². The van der Waals surface area contributed by atoms with Gasteiger partial charge < -0.3 is 19.6 Å². The molecule has 0 radical (unpaired) electrons. The van der Waals surface area contributed by atoms with Crippen LogP contribution < -0.4 is 9.13 Å². The Labute approximate surface area is 191 Å². The fraction of sp³-hybridized carbons (Fsp3) is 0.350. The quantitative estimate of drug-likeness (QED) is 0.239. The fourth-order valence-corrected chi connectivity index (χ4v) is 4.28. The van der Waals surface area contributed by atoms with Crippen LogP contribution in [0.5, 0.6) is 0 Å². The minimum atomic E-state index is -3.99. The summed E-state index contributed by atoms with van der Waals surface area (Å²) in [5.41, 5.74) is 1.58. The molecule has 13 heteroatoms. The molecule has 11 nitrogen and oxygen atoms in total. The lowest BCUT2D eigenvalue weighted by Gasteiger charge is -2.06. The van der Waals surface area contributed by atoms with Gasteiger partial charge in [0.05, 0.1) is 12.3 Å². The number of aromatic nitrogens is 5. The first-order valence-corrected chi connectivity index (χ1v) is 13.9. The zero-order valence-corrected chi connectivity index (χ0v) is 19.9. The maximum atomic E-state index is 11.0. The van der Waals surface area contributed by atoms with Crippen molar-refractivity contribution in [2.75, 3.05) is 12.3 Å². The molecule has 33 heavy (non-hydrogen) atoms. The molecule has 3 rings (SSSR count). The van der Waals surface area contributed by atoms with Crippen LogP contribution in [0.15, 0.2) is 49.1 Å². The first-order valence-electron chi connectivity index (χ1n) is 10.3. The molecule has 0 aromatic carbocycles. The largest absolute Gasteiger partial charge is 0.325 e. The highest BCUT2D eigenvalue weighted by molar-refractivity contribution is 7.52. The normalized spacial score (nSPS) is 12.2. The monoisotopic (exact) mass is 495 g/mol. The summed E-state index contributed by atoms with van der Waals surface area (Å²) in [6.45, 7) is 2.77. The van der Waals surface area contributed by atoms with Crippen molar-refractivity contribution in [3.63, 3.8) is 0 Å². The van der Waals surface area contributed by atoms with Gasteiger partial charge in [0.1, 0.15) is 18.9 Å². The standard InChI is InChI=1S/C20H25N5O6P2/c1-16-21-19(17-4-10-24(11-5-17)8-2-14-32(26,27)28)23-20(22-16)18-6-12-25(13-7-18)9-3-15-33(29,30)31/h4-7,10-13H,2-3,8-9,14-15H2,1H3,(H2-2,26,27,28,29,30,31)/p+2. The topological polar surface area (TPSA) is 161 Å². The van der Waals surface area contributed by atoms with Gasteiger partial charge in [-0.2, -0.15) is 0 Å². The van der Waals surface area contributed by atoms with Crippen molar-refractivity contribution in [3.05, 3.63) is 54.9 Å². The first kappa shape index (κ1) is 25.2. The smallest absolute Gasteiger partial charge is 0.324 e. The van der Waals surface area contributed by atoms with Crippen LogP contribution in [0.2, 0.25) is 0 Å². The van der Waals surface area contributed by atoms with Gasteiger partial charge in [0, 0.05) is 48.2 Å². The van der Waals surface area contributed by atoms with Crippen molar-refractivity contribution in [1.29, 1.82) is 0 Å². The SMILES string of the molecule is Cc1nc(-c2cc[n+](CCCP(=O)(O)O)cc2)nc(-c2cc[n+](CCCP(=O)(O)O)cc2)n1. The van der Waals surface area contributed by atoms with Gasteiger partial charge in [-0.3, -0.25) is 9.13 Å². The lowest BCUT2D eigenvalue weighted by atomic mass is 10.2. The van der Waals surface area contributed by atoms with Gasteiger partial charge in [-0.15, -0.1) is 0 Å². The number of rotatable bonds is 10. The average molecular weight is 495 g/mol. The van der Waals surface area contributed by atoms with Crippen molar-refractivity contribution in [2.45, 2.75) is 32.9 Å². The lowest BCUT2D eigenvalue weighted by Crippen LogP contribution is -2.33. The zero-order chi connectivity index (χ0) is 24.1. The molecule has 176 valence electrons. The average Bonchev–Trinajstić information content (AvgIpc) is 2.72. The molecule has 0 fully saturated rings. The number of nitrogens with zero attached hydrogens (tertiary/aromatic N) is 5. The second-order valence-electron chi connectivity index (χ2n) is 7.66. The Morgan fingerprint density at radius 1 is 0.697 bits per heavy atom. The van der Waals surface area contributed by atoms with Crippen LogP contribution in [-0.2, 0) is 22.2 Å². The van der Waals surface area contributed by atoms with Crippen molar-refractivity contribution < 1.29 is 37.8 Å². The Morgan fingerprint density at radius 3 is 1.39 bits per heavy atom. The molecule has 0 saturated carbocycles. The van der Waals surface area contributed by atoms with E-state index in [1.165, 1.54) is 0 Å². The van der Waals surface area contributed by atoms with Gasteiger partial charge >= 0.3 is 15.2 Å². The first-order chi connectivity index (χ1) is 15.5. The lowest BCUT2D eigenvalue weighted by molar-refractivity contribution is -0.696. The second-order valence-corrected chi connectivity index (χ2v) is 11.2. The predicted molar refractivity (Wildman–Crippen MR) is 119 cm³/mol. The van der Waals surface area contributed by atoms with Crippen molar-refractivity contribution >= 4 is 15.2 Å². The number of hydrogen-bond acceptors (Lipinski definition) is 5. The minimum absolute atomic E-state index is 0.154. The highest BCUT2D eigenvalue weighted by Crippen LogP contribution is 2.35. The van der Waals surface area contributed by atoms with Gasteiger partial charge in [0.25, 0.3) is 0 Å². The summed E-state index contributed by atoms with van der Waals surface area (Å²) in [5, 5.41) is 0. The Balaban J connectivity index is 1.70. The van der Waals surface area contributed by atoms with Gasteiger partial charge in [-0.1, -0.05) is 0 Å². The van der Waals surface area contributed by atoms with Crippen molar-refractivity contribution in [2.24, 2.45) is 0 Å². The molecular weight excluding hydrogens is 468 g/mol. The molecule has 0 aliphatic heterocycles.